The van der Waals surface area contributed by atoms with Crippen LogP contribution in [0.4, 0.5) is 0 Å². The van der Waals surface area contributed by atoms with Crippen molar-refractivity contribution < 1.29 is 28.6 Å². The van der Waals surface area contributed by atoms with Crippen LogP contribution < -0.4 is 0 Å². The Balaban J connectivity index is 1.41. The third kappa shape index (κ3) is 4.10. The van der Waals surface area contributed by atoms with E-state index in [0.717, 1.165) is 19.3 Å². The lowest BCUT2D eigenvalue weighted by atomic mass is 9.72. The van der Waals surface area contributed by atoms with Crippen LogP contribution in [0.3, 0.4) is 0 Å². The second kappa shape index (κ2) is 8.18. The molecule has 0 aromatic carbocycles. The Morgan fingerprint density at radius 1 is 1.16 bits per heavy atom. The zero-order valence-electron chi connectivity index (χ0n) is 20.1. The normalized spacial score (nSPS) is 37.5. The molecule has 7 unspecified atom stereocenters. The molecule has 0 amide bonds. The van der Waals surface area contributed by atoms with Crippen LogP contribution in [-0.2, 0) is 28.6 Å². The number of carbonyl (C=O) groups is 3. The summed E-state index contributed by atoms with van der Waals surface area (Å²) in [6.07, 6.45) is 9.47. The van der Waals surface area contributed by atoms with Crippen LogP contribution in [0.2, 0.25) is 0 Å². The molecule has 3 fully saturated rings. The van der Waals surface area contributed by atoms with Crippen LogP contribution in [0.1, 0.15) is 79.6 Å². The molecule has 0 N–H and O–H groups in total. The van der Waals surface area contributed by atoms with Crippen molar-refractivity contribution in [3.63, 3.8) is 0 Å². The molecule has 1 heterocycles. The molecule has 6 heteroatoms. The Bertz CT molecular complexity index is 815. The number of hydrogen-bond donors (Lipinski definition) is 0. The van der Waals surface area contributed by atoms with Crippen molar-refractivity contribution >= 4 is 17.9 Å². The molecule has 0 aromatic rings. The van der Waals surface area contributed by atoms with E-state index in [2.05, 4.69) is 12.2 Å². The maximum absolute atomic E-state index is 13.4. The highest BCUT2D eigenvalue weighted by Gasteiger charge is 2.57. The van der Waals surface area contributed by atoms with E-state index in [1.54, 1.807) is 6.92 Å². The molecule has 1 saturated heterocycles. The molecule has 0 radical (unpaired) electrons. The Hall–Kier alpha value is -1.85. The van der Waals surface area contributed by atoms with E-state index in [9.17, 15) is 14.4 Å². The molecular weight excluding hydrogens is 408 g/mol. The van der Waals surface area contributed by atoms with Gasteiger partial charge in [0.2, 0.25) is 0 Å². The number of rotatable bonds is 7. The minimum absolute atomic E-state index is 0.00977. The summed E-state index contributed by atoms with van der Waals surface area (Å²) in [5.41, 5.74) is -2.52. The fourth-order valence-corrected chi connectivity index (χ4v) is 6.62. The lowest BCUT2D eigenvalue weighted by Gasteiger charge is -2.38. The maximum atomic E-state index is 13.4. The second-order valence-corrected chi connectivity index (χ2v) is 11.6. The molecule has 7 atom stereocenters. The monoisotopic (exact) mass is 446 g/mol. The zero-order chi connectivity index (χ0) is 23.3. The Morgan fingerprint density at radius 2 is 1.88 bits per heavy atom. The largest absolute Gasteiger partial charge is 0.465 e. The van der Waals surface area contributed by atoms with Crippen LogP contribution in [0.5, 0.6) is 0 Å². The van der Waals surface area contributed by atoms with Crippen molar-refractivity contribution in [3.05, 3.63) is 12.2 Å². The highest BCUT2D eigenvalue weighted by Crippen LogP contribution is 2.58. The number of allylic oxidation sites excluding steroid dienone is 2. The fraction of sp³-hybridized carbons (Fsp3) is 0.808. The van der Waals surface area contributed by atoms with Gasteiger partial charge in [0.05, 0.1) is 23.9 Å². The van der Waals surface area contributed by atoms with Gasteiger partial charge in [0.15, 0.2) is 0 Å². The molecule has 32 heavy (non-hydrogen) atoms. The fourth-order valence-electron chi connectivity index (χ4n) is 6.62. The predicted octanol–water partition coefficient (Wildman–Crippen LogP) is 4.60. The van der Waals surface area contributed by atoms with Crippen molar-refractivity contribution in [1.29, 1.82) is 0 Å². The number of hydrogen-bond acceptors (Lipinski definition) is 6. The first kappa shape index (κ1) is 23.3. The predicted molar refractivity (Wildman–Crippen MR) is 118 cm³/mol. The van der Waals surface area contributed by atoms with Gasteiger partial charge in [0.25, 0.3) is 0 Å². The molecule has 0 aromatic heterocycles. The van der Waals surface area contributed by atoms with E-state index >= 15 is 0 Å². The maximum Gasteiger partial charge on any atom is 0.312 e. The molecule has 4 aliphatic rings. The van der Waals surface area contributed by atoms with Gasteiger partial charge >= 0.3 is 17.9 Å². The quantitative estimate of drug-likeness (QED) is 0.323. The molecule has 2 bridgehead atoms. The minimum atomic E-state index is -0.887. The lowest BCUT2D eigenvalue weighted by Crippen LogP contribution is -2.45. The third-order valence-electron chi connectivity index (χ3n) is 8.63. The summed E-state index contributed by atoms with van der Waals surface area (Å²) in [5, 5.41) is 0. The number of fused-ring (bicyclic) bond motifs is 5. The van der Waals surface area contributed by atoms with Gasteiger partial charge in [-0.2, -0.15) is 0 Å². The molecule has 4 rings (SSSR count). The number of carbonyl (C=O) groups excluding carboxylic acids is 3. The van der Waals surface area contributed by atoms with Crippen LogP contribution >= 0.6 is 0 Å². The van der Waals surface area contributed by atoms with E-state index in [1.165, 1.54) is 0 Å². The highest BCUT2D eigenvalue weighted by molar-refractivity contribution is 5.81. The van der Waals surface area contributed by atoms with Crippen LogP contribution in [0.25, 0.3) is 0 Å². The van der Waals surface area contributed by atoms with Crippen LogP contribution in [-0.4, -0.2) is 36.2 Å². The van der Waals surface area contributed by atoms with Gasteiger partial charge in [-0.1, -0.05) is 19.1 Å². The van der Waals surface area contributed by atoms with Crippen molar-refractivity contribution in [2.45, 2.75) is 91.3 Å². The first-order chi connectivity index (χ1) is 15.0. The number of cyclic esters (lactones) is 1. The van der Waals surface area contributed by atoms with Gasteiger partial charge in [-0.05, 0) is 77.6 Å². The molecule has 0 spiro atoms. The van der Waals surface area contributed by atoms with Gasteiger partial charge in [0.1, 0.15) is 11.7 Å². The molecule has 2 saturated carbocycles. The van der Waals surface area contributed by atoms with Gasteiger partial charge < -0.3 is 14.2 Å². The van der Waals surface area contributed by atoms with Gasteiger partial charge in [-0.15, -0.1) is 0 Å². The standard InChI is InChI=1S/C26H38O6/c1-6-25(4,15-24(2,3)22(28)32-26(5)12-13-30-20(27)14-26)23(29)31-21-18-10-11-19(21)17-9-7-8-16(17)18/h7-8,16-19,21H,6,9-15H2,1-5H3. The van der Waals surface area contributed by atoms with Gasteiger partial charge in [-0.3, -0.25) is 14.4 Å². The third-order valence-corrected chi connectivity index (χ3v) is 8.63. The Kier molecular flexibility index (Phi) is 5.96. The van der Waals surface area contributed by atoms with Crippen molar-refractivity contribution in [1.82, 2.24) is 0 Å². The van der Waals surface area contributed by atoms with Crippen molar-refractivity contribution in [2.75, 3.05) is 6.61 Å². The summed E-state index contributed by atoms with van der Waals surface area (Å²) in [4.78, 5) is 38.2. The summed E-state index contributed by atoms with van der Waals surface area (Å²) in [7, 11) is 0. The van der Waals surface area contributed by atoms with Crippen molar-refractivity contribution in [2.24, 2.45) is 34.5 Å². The number of ether oxygens (including phenoxy) is 3. The first-order valence-corrected chi connectivity index (χ1v) is 12.2. The Morgan fingerprint density at radius 3 is 2.53 bits per heavy atom. The number of esters is 3. The summed E-state index contributed by atoms with van der Waals surface area (Å²) in [6.45, 7) is 9.53. The SMILES string of the molecule is CCC(C)(CC(C)(C)C(=O)OC1(C)CCOC(=O)C1)C(=O)OC1C2CCC1C1CC=CC12. The molecular formula is C26H38O6. The summed E-state index contributed by atoms with van der Waals surface area (Å²) < 4.78 is 17.0. The summed E-state index contributed by atoms with van der Waals surface area (Å²) in [6, 6.07) is 0. The second-order valence-electron chi connectivity index (χ2n) is 11.6. The van der Waals surface area contributed by atoms with Crippen LogP contribution in [0.15, 0.2) is 12.2 Å². The molecule has 3 aliphatic carbocycles. The van der Waals surface area contributed by atoms with E-state index in [-0.39, 0.29) is 37.0 Å². The first-order valence-electron chi connectivity index (χ1n) is 12.2. The molecule has 1 aliphatic heterocycles. The minimum Gasteiger partial charge on any atom is -0.465 e. The smallest absolute Gasteiger partial charge is 0.312 e. The van der Waals surface area contributed by atoms with Crippen molar-refractivity contribution in [3.8, 4) is 0 Å². The van der Waals surface area contributed by atoms with Gasteiger partial charge in [-0.25, -0.2) is 0 Å². The van der Waals surface area contributed by atoms with E-state index < -0.39 is 16.4 Å². The highest BCUT2D eigenvalue weighted by atomic mass is 16.6. The van der Waals surface area contributed by atoms with E-state index in [0.29, 0.717) is 42.9 Å². The average Bonchev–Trinajstić information content (AvgIpc) is 3.40. The Labute approximate surface area is 191 Å². The molecule has 6 nitrogen and oxygen atoms in total. The summed E-state index contributed by atoms with van der Waals surface area (Å²) in [5.74, 6) is 1.17. The molecule has 178 valence electrons. The van der Waals surface area contributed by atoms with E-state index in [4.69, 9.17) is 14.2 Å². The zero-order valence-corrected chi connectivity index (χ0v) is 20.1. The topological polar surface area (TPSA) is 78.9 Å². The van der Waals surface area contributed by atoms with Crippen LogP contribution in [0, 0.1) is 34.5 Å². The van der Waals surface area contributed by atoms with Gasteiger partial charge in [0, 0.05) is 12.3 Å². The average molecular weight is 447 g/mol. The lowest BCUT2D eigenvalue weighted by molar-refractivity contribution is -0.184. The van der Waals surface area contributed by atoms with E-state index in [1.807, 2.05) is 27.7 Å². The summed E-state index contributed by atoms with van der Waals surface area (Å²) >= 11 is 0.